The van der Waals surface area contributed by atoms with Crippen LogP contribution in [0.25, 0.3) is 10.9 Å². The van der Waals surface area contributed by atoms with Gasteiger partial charge in [0.2, 0.25) is 0 Å². The Morgan fingerprint density at radius 2 is 1.77 bits per heavy atom. The van der Waals surface area contributed by atoms with Gasteiger partial charge < -0.3 is 9.47 Å². The number of nitrogens with zero attached hydrogens (tertiary/aromatic N) is 3. The van der Waals surface area contributed by atoms with E-state index in [-0.39, 0.29) is 5.78 Å². The summed E-state index contributed by atoms with van der Waals surface area (Å²) in [5.41, 5.74) is 3.14. The Labute approximate surface area is 197 Å². The van der Waals surface area contributed by atoms with Crippen molar-refractivity contribution in [3.8, 4) is 0 Å². The molecule has 0 amide bonds. The zero-order valence-corrected chi connectivity index (χ0v) is 20.3. The van der Waals surface area contributed by atoms with Crippen molar-refractivity contribution < 1.29 is 4.79 Å². The molecular formula is C25H29BrClN3O. The van der Waals surface area contributed by atoms with E-state index in [2.05, 4.69) is 42.4 Å². The Kier molecular flexibility index (Phi) is 7.49. The van der Waals surface area contributed by atoms with E-state index in [1.54, 1.807) is 6.92 Å². The topological polar surface area (TPSA) is 28.5 Å². The van der Waals surface area contributed by atoms with E-state index in [1.807, 2.05) is 36.5 Å². The first-order chi connectivity index (χ1) is 15.0. The maximum absolute atomic E-state index is 12.1. The van der Waals surface area contributed by atoms with Crippen molar-refractivity contribution in [1.82, 2.24) is 14.4 Å². The van der Waals surface area contributed by atoms with Gasteiger partial charge in [0.25, 0.3) is 0 Å². The van der Waals surface area contributed by atoms with Gasteiger partial charge in [-0.2, -0.15) is 0 Å². The summed E-state index contributed by atoms with van der Waals surface area (Å²) in [6, 6.07) is 14.2. The number of hydrogen-bond acceptors (Lipinski definition) is 3. The number of carbonyl (C=O) groups is 1. The minimum absolute atomic E-state index is 0.118. The van der Waals surface area contributed by atoms with Crippen molar-refractivity contribution in [3.63, 3.8) is 0 Å². The number of aromatic nitrogens is 1. The van der Waals surface area contributed by atoms with Crippen molar-refractivity contribution in [2.75, 3.05) is 32.7 Å². The van der Waals surface area contributed by atoms with E-state index < -0.39 is 0 Å². The molecule has 164 valence electrons. The summed E-state index contributed by atoms with van der Waals surface area (Å²) in [7, 11) is 0. The van der Waals surface area contributed by atoms with Crippen molar-refractivity contribution in [3.05, 3.63) is 69.3 Å². The number of halogens is 2. The highest BCUT2D eigenvalue weighted by atomic mass is 79.9. The van der Waals surface area contributed by atoms with Gasteiger partial charge in [-0.15, -0.1) is 0 Å². The number of para-hydroxylation sites is 1. The monoisotopic (exact) mass is 501 g/mol. The van der Waals surface area contributed by atoms with E-state index in [1.165, 1.54) is 12.0 Å². The third kappa shape index (κ3) is 5.40. The van der Waals surface area contributed by atoms with Crippen molar-refractivity contribution in [2.45, 2.75) is 32.9 Å². The molecule has 31 heavy (non-hydrogen) atoms. The summed E-state index contributed by atoms with van der Waals surface area (Å²) in [6.45, 7) is 8.94. The second kappa shape index (κ2) is 10.3. The molecule has 1 aliphatic rings. The number of ketones is 1. The normalized spacial score (nSPS) is 16.0. The Hall–Kier alpha value is -1.66. The molecule has 0 unspecified atom stereocenters. The summed E-state index contributed by atoms with van der Waals surface area (Å²) in [4.78, 5) is 17.2. The van der Waals surface area contributed by atoms with Gasteiger partial charge in [0.15, 0.2) is 5.78 Å². The first kappa shape index (κ1) is 22.5. The minimum Gasteiger partial charge on any atom is -0.346 e. The maximum Gasteiger partial charge on any atom is 0.161 e. The van der Waals surface area contributed by atoms with Crippen LogP contribution >= 0.6 is 27.5 Å². The molecule has 2 aromatic carbocycles. The Morgan fingerprint density at radius 1 is 1.00 bits per heavy atom. The summed E-state index contributed by atoms with van der Waals surface area (Å²) in [6.07, 6.45) is 4.26. The molecule has 0 atom stereocenters. The molecular weight excluding hydrogens is 474 g/mol. The standard InChI is InChI=1S/C25H29BrClN3O/c1-19(31)22-18-30(25-21(22)8-4-9-23(25)26)14-6-12-28-11-5-13-29(16-15-28)17-20-7-2-3-10-24(20)27/h2-4,7-10,18H,5-6,11-17H2,1H3. The van der Waals surface area contributed by atoms with E-state index >= 15 is 0 Å². The number of fused-ring (bicyclic) bond motifs is 1. The van der Waals surface area contributed by atoms with Gasteiger partial charge in [-0.25, -0.2) is 0 Å². The van der Waals surface area contributed by atoms with Crippen LogP contribution in [-0.4, -0.2) is 52.9 Å². The predicted octanol–water partition coefficient (Wildman–Crippen LogP) is 5.86. The largest absolute Gasteiger partial charge is 0.346 e. The summed E-state index contributed by atoms with van der Waals surface area (Å²) in [5.74, 6) is 0.118. The fourth-order valence-electron chi connectivity index (χ4n) is 4.51. The zero-order valence-electron chi connectivity index (χ0n) is 18.0. The van der Waals surface area contributed by atoms with Crippen LogP contribution in [0.3, 0.4) is 0 Å². The summed E-state index contributed by atoms with van der Waals surface area (Å²) < 4.78 is 3.28. The van der Waals surface area contributed by atoms with E-state index in [0.29, 0.717) is 0 Å². The summed E-state index contributed by atoms with van der Waals surface area (Å²) >= 11 is 10.0. The van der Waals surface area contributed by atoms with E-state index in [0.717, 1.165) is 78.2 Å². The lowest BCUT2D eigenvalue weighted by Crippen LogP contribution is -2.31. The maximum atomic E-state index is 12.1. The van der Waals surface area contributed by atoms with Gasteiger partial charge >= 0.3 is 0 Å². The number of hydrogen-bond donors (Lipinski definition) is 0. The Bertz CT molecular complexity index is 1060. The second-order valence-corrected chi connectivity index (χ2v) is 9.61. The average molecular weight is 503 g/mol. The molecule has 3 aromatic rings. The van der Waals surface area contributed by atoms with Gasteiger partial charge in [-0.1, -0.05) is 41.9 Å². The van der Waals surface area contributed by atoms with Gasteiger partial charge in [-0.05, 0) is 73.0 Å². The molecule has 0 bridgehead atoms. The molecule has 0 N–H and O–H groups in total. The number of aryl methyl sites for hydroxylation is 1. The molecule has 1 aromatic heterocycles. The Balaban J connectivity index is 1.33. The number of carbonyl (C=O) groups excluding carboxylic acids is 1. The number of benzene rings is 2. The van der Waals surface area contributed by atoms with Crippen LogP contribution in [0.2, 0.25) is 5.02 Å². The lowest BCUT2D eigenvalue weighted by atomic mass is 10.1. The average Bonchev–Trinajstić information content (AvgIpc) is 2.98. The lowest BCUT2D eigenvalue weighted by Gasteiger charge is -2.22. The molecule has 0 spiro atoms. The van der Waals surface area contributed by atoms with Gasteiger partial charge in [0.1, 0.15) is 0 Å². The molecule has 4 nitrogen and oxygen atoms in total. The van der Waals surface area contributed by atoms with Crippen LogP contribution in [-0.2, 0) is 13.1 Å². The number of rotatable bonds is 7. The quantitative estimate of drug-likeness (QED) is 0.379. The SMILES string of the molecule is CC(=O)c1cn(CCCN2CCCN(Cc3ccccc3Cl)CC2)c2c(Br)cccc12. The van der Waals surface area contributed by atoms with Crippen LogP contribution in [0, 0.1) is 0 Å². The first-order valence-corrected chi connectivity index (χ1v) is 12.2. The predicted molar refractivity (Wildman–Crippen MR) is 132 cm³/mol. The second-order valence-electron chi connectivity index (χ2n) is 8.34. The molecule has 0 radical (unpaired) electrons. The molecule has 1 aliphatic heterocycles. The third-order valence-electron chi connectivity index (χ3n) is 6.13. The molecule has 1 fully saturated rings. The van der Waals surface area contributed by atoms with E-state index in [9.17, 15) is 4.79 Å². The highest BCUT2D eigenvalue weighted by molar-refractivity contribution is 9.10. The van der Waals surface area contributed by atoms with Crippen molar-refractivity contribution in [1.29, 1.82) is 0 Å². The van der Waals surface area contributed by atoms with Gasteiger partial charge in [0, 0.05) is 52.8 Å². The molecule has 6 heteroatoms. The third-order valence-corrected chi connectivity index (χ3v) is 7.14. The van der Waals surface area contributed by atoms with Gasteiger partial charge in [0.05, 0.1) is 5.52 Å². The van der Waals surface area contributed by atoms with Crippen molar-refractivity contribution >= 4 is 44.2 Å². The van der Waals surface area contributed by atoms with Crippen molar-refractivity contribution in [2.24, 2.45) is 0 Å². The molecule has 4 rings (SSSR count). The van der Waals surface area contributed by atoms with Gasteiger partial charge in [-0.3, -0.25) is 9.69 Å². The highest BCUT2D eigenvalue weighted by Gasteiger charge is 2.17. The molecule has 2 heterocycles. The minimum atomic E-state index is 0.118. The van der Waals surface area contributed by atoms with Crippen LogP contribution in [0.4, 0.5) is 0 Å². The molecule has 0 saturated carbocycles. The lowest BCUT2D eigenvalue weighted by molar-refractivity contribution is 0.101. The first-order valence-electron chi connectivity index (χ1n) is 11.0. The molecule has 1 saturated heterocycles. The van der Waals surface area contributed by atoms with Crippen LogP contribution in [0.15, 0.2) is 53.1 Å². The van der Waals surface area contributed by atoms with Crippen LogP contribution in [0.5, 0.6) is 0 Å². The fraction of sp³-hybridized carbons (Fsp3) is 0.400. The van der Waals surface area contributed by atoms with Crippen LogP contribution in [0.1, 0.15) is 35.7 Å². The fourth-order valence-corrected chi connectivity index (χ4v) is 5.30. The molecule has 0 aliphatic carbocycles. The van der Waals surface area contributed by atoms with E-state index in [4.69, 9.17) is 11.6 Å². The zero-order chi connectivity index (χ0) is 21.8. The smallest absolute Gasteiger partial charge is 0.161 e. The Morgan fingerprint density at radius 3 is 2.58 bits per heavy atom. The highest BCUT2D eigenvalue weighted by Crippen LogP contribution is 2.29. The number of Topliss-reactive ketones (excluding diaryl/α,β-unsaturated/α-hetero) is 1. The summed E-state index contributed by atoms with van der Waals surface area (Å²) in [5, 5.41) is 1.89. The van der Waals surface area contributed by atoms with Crippen LogP contribution < -0.4 is 0 Å².